The van der Waals surface area contributed by atoms with E-state index in [4.69, 9.17) is 0 Å². The fourth-order valence-electron chi connectivity index (χ4n) is 2.62. The Hall–Kier alpha value is -2.89. The molecule has 3 N–H and O–H groups in total. The van der Waals surface area contributed by atoms with Crippen LogP contribution in [0.25, 0.3) is 0 Å². The summed E-state index contributed by atoms with van der Waals surface area (Å²) in [6.45, 7) is 1.10. The van der Waals surface area contributed by atoms with E-state index >= 15 is 0 Å². The van der Waals surface area contributed by atoms with E-state index in [0.29, 0.717) is 0 Å². The van der Waals surface area contributed by atoms with Gasteiger partial charge in [0.1, 0.15) is 5.92 Å². The highest BCUT2D eigenvalue weighted by molar-refractivity contribution is 5.83. The van der Waals surface area contributed by atoms with Crippen LogP contribution in [0.5, 0.6) is 0 Å². The van der Waals surface area contributed by atoms with Gasteiger partial charge in [-0.2, -0.15) is 13.2 Å². The molecule has 1 saturated heterocycles. The summed E-state index contributed by atoms with van der Waals surface area (Å²) in [7, 11) is 0. The van der Waals surface area contributed by atoms with Crippen molar-refractivity contribution in [1.29, 1.82) is 0 Å². The Balaban J connectivity index is 2.54. The van der Waals surface area contributed by atoms with E-state index in [2.05, 4.69) is 10.1 Å². The first-order valence-electron chi connectivity index (χ1n) is 7.30. The number of benzene rings is 1. The zero-order chi connectivity index (χ0) is 19.7. The summed E-state index contributed by atoms with van der Waals surface area (Å²) in [5.41, 5.74) is -4.27. The van der Waals surface area contributed by atoms with Crippen LogP contribution in [0.15, 0.2) is 24.3 Å². The number of aliphatic hydroxyl groups is 1. The molecule has 0 saturated carbocycles. The Bertz CT molecular complexity index is 724. The summed E-state index contributed by atoms with van der Waals surface area (Å²) in [6, 6.07) is 1.16. The second-order valence-electron chi connectivity index (χ2n) is 5.42. The number of hydrogen-bond acceptors (Lipinski definition) is 6. The van der Waals surface area contributed by atoms with Crippen LogP contribution in [0.2, 0.25) is 0 Å². The highest BCUT2D eigenvalue weighted by atomic mass is 19.4. The van der Waals surface area contributed by atoms with E-state index < -0.39 is 40.8 Å². The number of nitrogens with one attached hydrogen (secondary N) is 2. The van der Waals surface area contributed by atoms with Gasteiger partial charge < -0.3 is 20.5 Å². The second kappa shape index (κ2) is 6.78. The van der Waals surface area contributed by atoms with Crippen LogP contribution >= 0.6 is 0 Å². The zero-order valence-electron chi connectivity index (χ0n) is 13.2. The molecular formula is C14H14F3N3O6. The molecule has 1 aromatic rings. The molecule has 12 heteroatoms. The molecule has 0 unspecified atom stereocenters. The van der Waals surface area contributed by atoms with Crippen molar-refractivity contribution in [2.24, 2.45) is 5.92 Å². The summed E-state index contributed by atoms with van der Waals surface area (Å²) >= 11 is 0. The molecule has 1 heterocycles. The number of carbonyl (C=O) groups is 2. The van der Waals surface area contributed by atoms with Gasteiger partial charge in [-0.25, -0.2) is 4.79 Å². The third-order valence-corrected chi connectivity index (χ3v) is 3.81. The van der Waals surface area contributed by atoms with Gasteiger partial charge in [-0.05, 0) is 12.5 Å². The van der Waals surface area contributed by atoms with Crippen molar-refractivity contribution < 1.29 is 37.5 Å². The molecule has 0 aromatic heterocycles. The molecule has 1 aromatic carbocycles. The van der Waals surface area contributed by atoms with E-state index in [1.54, 1.807) is 0 Å². The number of nitro groups is 1. The molecule has 1 aliphatic heterocycles. The molecule has 142 valence electrons. The van der Waals surface area contributed by atoms with Gasteiger partial charge in [-0.1, -0.05) is 12.1 Å². The Morgan fingerprint density at radius 1 is 1.38 bits per heavy atom. The Kier molecular flexibility index (Phi) is 5.07. The first kappa shape index (κ1) is 19.4. The fraction of sp³-hybridized carbons (Fsp3) is 0.429. The lowest BCUT2D eigenvalue weighted by Crippen LogP contribution is -2.73. The third kappa shape index (κ3) is 3.40. The number of urea groups is 1. The van der Waals surface area contributed by atoms with Crippen LogP contribution in [0, 0.1) is 16.0 Å². The van der Waals surface area contributed by atoms with Crippen molar-refractivity contribution in [2.75, 3.05) is 6.61 Å². The van der Waals surface area contributed by atoms with Crippen LogP contribution in [-0.2, 0) is 9.53 Å². The average molecular weight is 377 g/mol. The van der Waals surface area contributed by atoms with Crippen LogP contribution < -0.4 is 10.6 Å². The maximum absolute atomic E-state index is 13.4. The van der Waals surface area contributed by atoms with Crippen molar-refractivity contribution in [2.45, 2.75) is 24.9 Å². The molecule has 0 bridgehead atoms. The highest BCUT2D eigenvalue weighted by Gasteiger charge is 2.67. The predicted molar refractivity (Wildman–Crippen MR) is 78.6 cm³/mol. The number of non-ortho nitro benzene ring substituents is 1. The molecular weight excluding hydrogens is 363 g/mol. The quantitative estimate of drug-likeness (QED) is 0.413. The summed E-state index contributed by atoms with van der Waals surface area (Å²) in [5, 5.41) is 24.2. The average Bonchev–Trinajstić information content (AvgIpc) is 2.53. The van der Waals surface area contributed by atoms with Crippen molar-refractivity contribution in [1.82, 2.24) is 10.6 Å². The monoisotopic (exact) mass is 377 g/mol. The molecule has 0 aliphatic carbocycles. The molecule has 0 radical (unpaired) electrons. The van der Waals surface area contributed by atoms with Crippen molar-refractivity contribution in [3.8, 4) is 0 Å². The smallest absolute Gasteiger partial charge is 0.437 e. The highest BCUT2D eigenvalue weighted by Crippen LogP contribution is 2.43. The van der Waals surface area contributed by atoms with Crippen LogP contribution in [0.4, 0.5) is 23.7 Å². The van der Waals surface area contributed by atoms with Gasteiger partial charge in [-0.3, -0.25) is 14.9 Å². The summed E-state index contributed by atoms with van der Waals surface area (Å²) < 4.78 is 44.9. The topological polar surface area (TPSA) is 131 Å². The number of nitrogens with zero attached hydrogens (tertiary/aromatic N) is 1. The van der Waals surface area contributed by atoms with Gasteiger partial charge >= 0.3 is 18.2 Å². The number of nitro benzene ring substituents is 1. The van der Waals surface area contributed by atoms with Gasteiger partial charge in [-0.15, -0.1) is 0 Å². The number of rotatable bonds is 4. The standard InChI is InChI=1S/C14H14F3N3O6/c1-2-26-11(21)9-10(7-3-5-8(6-4-7)20(24)25)18-12(22)19-13(9,23)14(15,16)17/h3-6,9-10,23H,2H2,1H3,(H2,18,19,22)/t9-,10-,13-/m1/s1. The number of alkyl halides is 3. The van der Waals surface area contributed by atoms with E-state index in [9.17, 15) is 38.0 Å². The normalized spacial score (nSPS) is 25.8. The minimum atomic E-state index is -5.39. The van der Waals surface area contributed by atoms with Crippen molar-refractivity contribution >= 4 is 17.7 Å². The largest absolute Gasteiger partial charge is 0.466 e. The second-order valence-corrected chi connectivity index (χ2v) is 5.42. The molecule has 9 nitrogen and oxygen atoms in total. The maximum Gasteiger partial charge on any atom is 0.437 e. The predicted octanol–water partition coefficient (Wildman–Crippen LogP) is 1.38. The van der Waals surface area contributed by atoms with Crippen molar-refractivity contribution in [3.05, 3.63) is 39.9 Å². The van der Waals surface area contributed by atoms with E-state index in [-0.39, 0.29) is 17.9 Å². The van der Waals surface area contributed by atoms with Crippen LogP contribution in [-0.4, -0.2) is 40.5 Å². The molecule has 2 rings (SSSR count). The maximum atomic E-state index is 13.4. The first-order valence-corrected chi connectivity index (χ1v) is 7.30. The van der Waals surface area contributed by atoms with Gasteiger partial charge in [0, 0.05) is 12.1 Å². The van der Waals surface area contributed by atoms with E-state index in [1.165, 1.54) is 12.2 Å². The molecule has 1 aliphatic rings. The first-order chi connectivity index (χ1) is 12.0. The summed E-state index contributed by atoms with van der Waals surface area (Å²) in [5.74, 6) is -3.68. The van der Waals surface area contributed by atoms with Gasteiger partial charge in [0.25, 0.3) is 11.4 Å². The summed E-state index contributed by atoms with van der Waals surface area (Å²) in [6.07, 6.45) is -5.39. The fourth-order valence-corrected chi connectivity index (χ4v) is 2.62. The molecule has 0 spiro atoms. The molecule has 3 atom stereocenters. The number of ether oxygens (including phenoxy) is 1. The number of amides is 2. The van der Waals surface area contributed by atoms with Crippen LogP contribution in [0.3, 0.4) is 0 Å². The lowest BCUT2D eigenvalue weighted by Gasteiger charge is -2.44. The van der Waals surface area contributed by atoms with E-state index in [1.807, 2.05) is 0 Å². The van der Waals surface area contributed by atoms with Gasteiger partial charge in [0.15, 0.2) is 0 Å². The van der Waals surface area contributed by atoms with Crippen LogP contribution in [0.1, 0.15) is 18.5 Å². The van der Waals surface area contributed by atoms with Gasteiger partial charge in [0.05, 0.1) is 17.6 Å². The number of esters is 1. The minimum absolute atomic E-state index is 0.0498. The van der Waals surface area contributed by atoms with Crippen molar-refractivity contribution in [3.63, 3.8) is 0 Å². The molecule has 1 fully saturated rings. The number of carbonyl (C=O) groups excluding carboxylic acids is 2. The number of hydrogen-bond donors (Lipinski definition) is 3. The third-order valence-electron chi connectivity index (χ3n) is 3.81. The molecule has 2 amide bonds. The lowest BCUT2D eigenvalue weighted by molar-refractivity contribution is -0.384. The van der Waals surface area contributed by atoms with Gasteiger partial charge in [0.2, 0.25) is 0 Å². The van der Waals surface area contributed by atoms with E-state index in [0.717, 1.165) is 24.3 Å². The number of halogens is 3. The Morgan fingerprint density at radius 2 is 1.96 bits per heavy atom. The lowest BCUT2D eigenvalue weighted by atomic mass is 9.82. The summed E-state index contributed by atoms with van der Waals surface area (Å²) in [4.78, 5) is 33.8. The SMILES string of the molecule is CCOC(=O)[C@H]1[C@@H](c2ccc([N+](=O)[O-])cc2)NC(=O)N[C@]1(O)C(F)(F)F. The molecule has 26 heavy (non-hydrogen) atoms. The Morgan fingerprint density at radius 3 is 2.42 bits per heavy atom. The zero-order valence-corrected chi connectivity index (χ0v) is 13.2. The minimum Gasteiger partial charge on any atom is -0.466 e. The Labute approximate surface area is 144 Å².